The molecule has 0 aromatic heterocycles. The second kappa shape index (κ2) is 12.2. The van der Waals surface area contributed by atoms with Gasteiger partial charge in [0.05, 0.1) is 12.7 Å². The number of piperidine rings is 1. The van der Waals surface area contributed by atoms with Gasteiger partial charge in [0.25, 0.3) is 5.91 Å². The SMILES string of the molecule is COc1ccc([C@@H]2C[C@H]2NCSC[C@H](NC(=O)c2ccc(C(F)(F)F)cc2)C(=O)N2CCCCC2)cc1. The first kappa shape index (κ1) is 27.3. The lowest BCUT2D eigenvalue weighted by molar-refractivity contribution is -0.137. The monoisotopic (exact) mass is 535 g/mol. The predicted molar refractivity (Wildman–Crippen MR) is 138 cm³/mol. The van der Waals surface area contributed by atoms with Gasteiger partial charge in [-0.25, -0.2) is 0 Å². The number of thioether (sulfide) groups is 1. The number of ether oxygens (including phenoxy) is 1. The molecule has 4 rings (SSSR count). The minimum atomic E-state index is -4.47. The molecular formula is C27H32F3N3O3S. The molecule has 1 aliphatic heterocycles. The average molecular weight is 536 g/mol. The van der Waals surface area contributed by atoms with Crippen LogP contribution in [-0.2, 0) is 11.0 Å². The van der Waals surface area contributed by atoms with Gasteiger partial charge in [0, 0.05) is 42.2 Å². The van der Waals surface area contributed by atoms with E-state index >= 15 is 0 Å². The molecule has 0 spiro atoms. The van der Waals surface area contributed by atoms with Crippen molar-refractivity contribution in [1.29, 1.82) is 0 Å². The second-order valence-electron chi connectivity index (χ2n) is 9.43. The summed E-state index contributed by atoms with van der Waals surface area (Å²) in [4.78, 5) is 27.8. The lowest BCUT2D eigenvalue weighted by Crippen LogP contribution is -2.51. The molecule has 10 heteroatoms. The highest BCUT2D eigenvalue weighted by Crippen LogP contribution is 2.41. The van der Waals surface area contributed by atoms with Gasteiger partial charge in [0.15, 0.2) is 0 Å². The molecule has 1 heterocycles. The molecule has 1 saturated carbocycles. The lowest BCUT2D eigenvalue weighted by Gasteiger charge is -2.30. The molecule has 2 aliphatic rings. The van der Waals surface area contributed by atoms with Gasteiger partial charge in [-0.05, 0) is 67.6 Å². The summed E-state index contributed by atoms with van der Waals surface area (Å²) in [5.41, 5.74) is 0.526. The number of methoxy groups -OCH3 is 1. The first-order valence-electron chi connectivity index (χ1n) is 12.5. The maximum Gasteiger partial charge on any atom is 0.416 e. The summed E-state index contributed by atoms with van der Waals surface area (Å²) in [7, 11) is 1.64. The molecule has 0 unspecified atom stereocenters. The number of hydrogen-bond acceptors (Lipinski definition) is 5. The summed E-state index contributed by atoms with van der Waals surface area (Å²) in [6.07, 6.45) is -0.516. The summed E-state index contributed by atoms with van der Waals surface area (Å²) in [5, 5.41) is 6.27. The van der Waals surface area contributed by atoms with E-state index in [2.05, 4.69) is 22.8 Å². The number of halogens is 3. The quantitative estimate of drug-likeness (QED) is 0.342. The van der Waals surface area contributed by atoms with Crippen molar-refractivity contribution in [1.82, 2.24) is 15.5 Å². The number of nitrogens with zero attached hydrogens (tertiary/aromatic N) is 1. The Balaban J connectivity index is 1.31. The van der Waals surface area contributed by atoms with E-state index < -0.39 is 23.7 Å². The predicted octanol–water partition coefficient (Wildman–Crippen LogP) is 4.66. The summed E-state index contributed by atoms with van der Waals surface area (Å²) in [5.74, 6) is 1.56. The normalized spacial score (nSPS) is 20.3. The van der Waals surface area contributed by atoms with E-state index in [0.717, 1.165) is 55.7 Å². The molecule has 200 valence electrons. The van der Waals surface area contributed by atoms with E-state index in [1.807, 2.05) is 12.1 Å². The smallest absolute Gasteiger partial charge is 0.416 e. The summed E-state index contributed by atoms with van der Waals surface area (Å²) < 4.78 is 43.8. The molecule has 1 saturated heterocycles. The Hall–Kier alpha value is -2.72. The molecular weight excluding hydrogens is 503 g/mol. The Morgan fingerprint density at radius 2 is 1.73 bits per heavy atom. The first-order valence-corrected chi connectivity index (χ1v) is 13.6. The fourth-order valence-corrected chi connectivity index (χ4v) is 5.46. The van der Waals surface area contributed by atoms with Crippen molar-refractivity contribution < 1.29 is 27.5 Å². The highest BCUT2D eigenvalue weighted by atomic mass is 32.2. The van der Waals surface area contributed by atoms with E-state index in [-0.39, 0.29) is 11.5 Å². The number of amides is 2. The second-order valence-corrected chi connectivity index (χ2v) is 10.5. The molecule has 2 N–H and O–H groups in total. The molecule has 1 aliphatic carbocycles. The summed E-state index contributed by atoms with van der Waals surface area (Å²) in [6.45, 7) is 1.31. The molecule has 0 radical (unpaired) electrons. The summed E-state index contributed by atoms with van der Waals surface area (Å²) in [6, 6.07) is 11.7. The van der Waals surface area contributed by atoms with Gasteiger partial charge in [-0.1, -0.05) is 12.1 Å². The number of likely N-dealkylation sites (tertiary alicyclic amines) is 1. The van der Waals surface area contributed by atoms with E-state index in [1.54, 1.807) is 12.0 Å². The molecule has 2 aromatic carbocycles. The van der Waals surface area contributed by atoms with Crippen LogP contribution in [0.1, 0.15) is 53.1 Å². The third-order valence-corrected chi connectivity index (χ3v) is 7.75. The molecule has 2 fully saturated rings. The Kier molecular flexibility index (Phi) is 9.02. The van der Waals surface area contributed by atoms with Gasteiger partial charge in [0.2, 0.25) is 5.91 Å². The van der Waals surface area contributed by atoms with Crippen molar-refractivity contribution in [2.24, 2.45) is 0 Å². The zero-order chi connectivity index (χ0) is 26.4. The molecule has 6 nitrogen and oxygen atoms in total. The Morgan fingerprint density at radius 1 is 1.05 bits per heavy atom. The van der Waals surface area contributed by atoms with Crippen molar-refractivity contribution in [3.05, 3.63) is 65.2 Å². The van der Waals surface area contributed by atoms with Crippen molar-refractivity contribution in [2.45, 2.75) is 49.9 Å². The van der Waals surface area contributed by atoms with E-state index in [1.165, 1.54) is 17.3 Å². The number of rotatable bonds is 10. The first-order chi connectivity index (χ1) is 17.8. The van der Waals surface area contributed by atoms with E-state index in [0.29, 0.717) is 36.7 Å². The van der Waals surface area contributed by atoms with Gasteiger partial charge in [-0.15, -0.1) is 11.8 Å². The van der Waals surface area contributed by atoms with Crippen LogP contribution in [0.5, 0.6) is 5.75 Å². The van der Waals surface area contributed by atoms with Gasteiger partial charge < -0.3 is 20.3 Å². The highest BCUT2D eigenvalue weighted by molar-refractivity contribution is 7.99. The highest BCUT2D eigenvalue weighted by Gasteiger charge is 2.38. The standard InChI is InChI=1S/C27H32F3N3O3S/c1-36-21-11-7-18(8-12-21)22-15-23(22)31-17-37-16-24(26(35)33-13-3-2-4-14-33)32-25(34)19-5-9-20(10-6-19)27(28,29)30/h5-12,22-24,31H,2-4,13-17H2,1H3,(H,32,34)/t22-,23+,24-/m0/s1. The molecule has 2 amide bonds. The van der Waals surface area contributed by atoms with Crippen LogP contribution in [-0.4, -0.2) is 60.6 Å². The van der Waals surface area contributed by atoms with Crippen LogP contribution >= 0.6 is 11.8 Å². The summed E-state index contributed by atoms with van der Waals surface area (Å²) >= 11 is 1.53. The number of nitrogens with one attached hydrogen (secondary N) is 2. The number of carbonyl (C=O) groups is 2. The van der Waals surface area contributed by atoms with Gasteiger partial charge in [0.1, 0.15) is 11.8 Å². The Morgan fingerprint density at radius 3 is 2.35 bits per heavy atom. The number of carbonyl (C=O) groups excluding carboxylic acids is 2. The molecule has 3 atom stereocenters. The molecule has 0 bridgehead atoms. The van der Waals surface area contributed by atoms with Gasteiger partial charge in [-0.2, -0.15) is 13.2 Å². The van der Waals surface area contributed by atoms with Crippen molar-refractivity contribution in [2.75, 3.05) is 31.8 Å². The maximum absolute atomic E-state index is 13.2. The number of hydrogen-bond donors (Lipinski definition) is 2. The molecule has 2 aromatic rings. The minimum absolute atomic E-state index is 0.0906. The van der Waals surface area contributed by atoms with Crippen LogP contribution < -0.4 is 15.4 Å². The number of benzene rings is 2. The maximum atomic E-state index is 13.2. The fourth-order valence-electron chi connectivity index (χ4n) is 4.54. The minimum Gasteiger partial charge on any atom is -0.497 e. The van der Waals surface area contributed by atoms with Crippen molar-refractivity contribution in [3.63, 3.8) is 0 Å². The van der Waals surface area contributed by atoms with Crippen LogP contribution in [0.25, 0.3) is 0 Å². The Bertz CT molecular complexity index is 1060. The van der Waals surface area contributed by atoms with Crippen LogP contribution in [0.15, 0.2) is 48.5 Å². The van der Waals surface area contributed by atoms with E-state index in [4.69, 9.17) is 4.74 Å². The largest absolute Gasteiger partial charge is 0.497 e. The van der Waals surface area contributed by atoms with Crippen LogP contribution in [0.3, 0.4) is 0 Å². The lowest BCUT2D eigenvalue weighted by atomic mass is 10.1. The van der Waals surface area contributed by atoms with Crippen molar-refractivity contribution >= 4 is 23.6 Å². The Labute approximate surface area is 219 Å². The third-order valence-electron chi connectivity index (χ3n) is 6.81. The zero-order valence-electron chi connectivity index (χ0n) is 20.7. The van der Waals surface area contributed by atoms with Gasteiger partial charge >= 0.3 is 6.18 Å². The van der Waals surface area contributed by atoms with Crippen LogP contribution in [0, 0.1) is 0 Å². The molecule has 37 heavy (non-hydrogen) atoms. The average Bonchev–Trinajstić information content (AvgIpc) is 3.69. The van der Waals surface area contributed by atoms with Crippen molar-refractivity contribution in [3.8, 4) is 5.75 Å². The zero-order valence-corrected chi connectivity index (χ0v) is 21.5. The van der Waals surface area contributed by atoms with Crippen LogP contribution in [0.2, 0.25) is 0 Å². The fraction of sp³-hybridized carbons (Fsp3) is 0.481. The van der Waals surface area contributed by atoms with Crippen LogP contribution in [0.4, 0.5) is 13.2 Å². The number of alkyl halides is 3. The van der Waals surface area contributed by atoms with E-state index in [9.17, 15) is 22.8 Å². The third kappa shape index (κ3) is 7.41. The topological polar surface area (TPSA) is 70.7 Å². The van der Waals surface area contributed by atoms with Gasteiger partial charge in [-0.3, -0.25) is 9.59 Å².